The molecule has 0 bridgehead atoms. The third-order valence-corrected chi connectivity index (χ3v) is 6.47. The van der Waals surface area contributed by atoms with Crippen LogP contribution in [0.4, 0.5) is 5.69 Å². The van der Waals surface area contributed by atoms with E-state index in [-0.39, 0.29) is 17.6 Å². The number of anilines is 1. The van der Waals surface area contributed by atoms with Crippen LogP contribution in [-0.2, 0) is 4.79 Å². The van der Waals surface area contributed by atoms with E-state index in [1.807, 2.05) is 30.0 Å². The second-order valence-corrected chi connectivity index (χ2v) is 8.41. The van der Waals surface area contributed by atoms with Crippen LogP contribution in [0.1, 0.15) is 28.9 Å². The minimum absolute atomic E-state index is 0.0322. The molecule has 0 radical (unpaired) electrons. The highest BCUT2D eigenvalue weighted by molar-refractivity contribution is 8.01. The predicted octanol–water partition coefficient (Wildman–Crippen LogP) is 2.89. The van der Waals surface area contributed by atoms with Gasteiger partial charge >= 0.3 is 5.97 Å². The summed E-state index contributed by atoms with van der Waals surface area (Å²) < 4.78 is 6.61. The fourth-order valence-electron chi connectivity index (χ4n) is 2.90. The summed E-state index contributed by atoms with van der Waals surface area (Å²) >= 11 is 2.76. The molecule has 1 aromatic heterocycles. The Bertz CT molecular complexity index is 840. The van der Waals surface area contributed by atoms with Crippen LogP contribution >= 0.6 is 23.1 Å². The van der Waals surface area contributed by atoms with Crippen LogP contribution in [0.5, 0.6) is 5.75 Å². The van der Waals surface area contributed by atoms with Gasteiger partial charge < -0.3 is 20.5 Å². The lowest BCUT2D eigenvalue weighted by Crippen LogP contribution is -2.38. The lowest BCUT2D eigenvalue weighted by molar-refractivity contribution is -0.129. The number of carboxylic acid groups (broad SMARTS) is 1. The molecule has 3 rings (SSSR count). The average molecular weight is 408 g/mol. The van der Waals surface area contributed by atoms with Crippen LogP contribution < -0.4 is 10.5 Å². The molecular formula is C18H21N3O4S2. The number of nitrogens with two attached hydrogens (primary N) is 1. The van der Waals surface area contributed by atoms with E-state index in [4.69, 9.17) is 15.6 Å². The first kappa shape index (κ1) is 19.5. The van der Waals surface area contributed by atoms with Crippen LogP contribution in [0.2, 0.25) is 0 Å². The quantitative estimate of drug-likeness (QED) is 0.512. The molecule has 1 aliphatic heterocycles. The van der Waals surface area contributed by atoms with Gasteiger partial charge in [0.1, 0.15) is 12.4 Å². The summed E-state index contributed by atoms with van der Waals surface area (Å²) in [6.07, 6.45) is 1.29. The van der Waals surface area contributed by atoms with E-state index in [1.54, 1.807) is 0 Å². The van der Waals surface area contributed by atoms with Crippen molar-refractivity contribution in [1.29, 1.82) is 0 Å². The number of hydrogen-bond acceptors (Lipinski definition) is 7. The molecule has 7 nitrogen and oxygen atoms in total. The number of nitrogen functional groups attached to an aromatic ring is 1. The fraction of sp³-hybridized carbons (Fsp3) is 0.389. The predicted molar refractivity (Wildman–Crippen MR) is 106 cm³/mol. The largest absolute Gasteiger partial charge is 0.491 e. The number of amides is 1. The molecule has 1 amide bonds. The maximum Gasteiger partial charge on any atom is 0.355 e. The molecule has 144 valence electrons. The highest BCUT2D eigenvalue weighted by Gasteiger charge is 2.31. The van der Waals surface area contributed by atoms with Gasteiger partial charge in [0, 0.05) is 35.3 Å². The van der Waals surface area contributed by atoms with Crippen LogP contribution in [-0.4, -0.2) is 51.8 Å². The average Bonchev–Trinajstić information content (AvgIpc) is 3.24. The SMILES string of the molecule is Cc1c(N)cccc1OCC1CCC(=O)N1CCSc1nc(C(=O)O)cs1. The van der Waals surface area contributed by atoms with Gasteiger partial charge in [-0.15, -0.1) is 11.3 Å². The van der Waals surface area contributed by atoms with E-state index < -0.39 is 5.97 Å². The molecule has 0 aliphatic carbocycles. The van der Waals surface area contributed by atoms with Crippen LogP contribution in [0, 0.1) is 6.92 Å². The molecule has 0 saturated carbocycles. The standard InChI is InChI=1S/C18H21N3O4S2/c1-11-13(19)3-2-4-15(11)25-9-12-5-6-16(22)21(12)7-8-26-18-20-14(10-27-18)17(23)24/h2-4,10,12H,5-9,19H2,1H3,(H,23,24). The minimum atomic E-state index is -1.03. The van der Waals surface area contributed by atoms with Crippen LogP contribution in [0.3, 0.4) is 0 Å². The number of rotatable bonds is 8. The number of aromatic carboxylic acids is 1. The molecule has 1 fully saturated rings. The number of benzene rings is 1. The van der Waals surface area contributed by atoms with Gasteiger partial charge in [-0.2, -0.15) is 0 Å². The zero-order valence-corrected chi connectivity index (χ0v) is 16.5. The van der Waals surface area contributed by atoms with Crippen LogP contribution in [0.25, 0.3) is 0 Å². The van der Waals surface area contributed by atoms with E-state index in [2.05, 4.69) is 4.98 Å². The van der Waals surface area contributed by atoms with Crippen molar-refractivity contribution in [1.82, 2.24) is 9.88 Å². The van der Waals surface area contributed by atoms with Crippen molar-refractivity contribution < 1.29 is 19.4 Å². The van der Waals surface area contributed by atoms with Crippen molar-refractivity contribution in [2.45, 2.75) is 30.1 Å². The lowest BCUT2D eigenvalue weighted by atomic mass is 10.2. The number of thioether (sulfide) groups is 1. The van der Waals surface area contributed by atoms with Crippen molar-refractivity contribution in [3.05, 3.63) is 34.8 Å². The van der Waals surface area contributed by atoms with Gasteiger partial charge in [0.2, 0.25) is 5.91 Å². The Labute approximate surface area is 165 Å². The van der Waals surface area contributed by atoms with Gasteiger partial charge in [-0.3, -0.25) is 4.79 Å². The summed E-state index contributed by atoms with van der Waals surface area (Å²) in [5, 5.41) is 10.4. The highest BCUT2D eigenvalue weighted by Crippen LogP contribution is 2.27. The normalized spacial score (nSPS) is 16.7. The van der Waals surface area contributed by atoms with E-state index >= 15 is 0 Å². The molecule has 2 aromatic rings. The Morgan fingerprint density at radius 3 is 3.07 bits per heavy atom. The van der Waals surface area contributed by atoms with Crippen molar-refractivity contribution >= 4 is 40.7 Å². The fourth-order valence-corrected chi connectivity index (χ4v) is 4.71. The molecule has 1 unspecified atom stereocenters. The van der Waals surface area contributed by atoms with Gasteiger partial charge in [0.25, 0.3) is 0 Å². The second kappa shape index (κ2) is 8.62. The number of thiazole rings is 1. The van der Waals surface area contributed by atoms with E-state index in [0.29, 0.717) is 35.4 Å². The minimum Gasteiger partial charge on any atom is -0.491 e. The molecule has 1 aliphatic rings. The topological polar surface area (TPSA) is 106 Å². The molecule has 9 heteroatoms. The zero-order chi connectivity index (χ0) is 19.4. The maximum atomic E-state index is 12.2. The van der Waals surface area contributed by atoms with Crippen molar-refractivity contribution in [3.63, 3.8) is 0 Å². The van der Waals surface area contributed by atoms with Gasteiger partial charge in [-0.05, 0) is 25.5 Å². The number of carboxylic acids is 1. The summed E-state index contributed by atoms with van der Waals surface area (Å²) in [6, 6.07) is 5.60. The van der Waals surface area contributed by atoms with Crippen LogP contribution in [0.15, 0.2) is 27.9 Å². The van der Waals surface area contributed by atoms with Gasteiger partial charge in [0.15, 0.2) is 10.0 Å². The van der Waals surface area contributed by atoms with Gasteiger partial charge in [-0.1, -0.05) is 17.8 Å². The Hall–Kier alpha value is -2.26. The summed E-state index contributed by atoms with van der Waals surface area (Å²) in [5.74, 6) is 0.500. The number of ether oxygens (including phenoxy) is 1. The number of likely N-dealkylation sites (tertiary alicyclic amines) is 1. The van der Waals surface area contributed by atoms with Crippen molar-refractivity contribution in [2.75, 3.05) is 24.6 Å². The molecule has 1 saturated heterocycles. The molecular weight excluding hydrogens is 386 g/mol. The first-order valence-corrected chi connectivity index (χ1v) is 10.4. The zero-order valence-electron chi connectivity index (χ0n) is 14.9. The highest BCUT2D eigenvalue weighted by atomic mass is 32.2. The second-order valence-electron chi connectivity index (χ2n) is 6.21. The number of nitrogens with zero attached hydrogens (tertiary/aromatic N) is 2. The Morgan fingerprint density at radius 2 is 2.33 bits per heavy atom. The Morgan fingerprint density at radius 1 is 1.52 bits per heavy atom. The first-order chi connectivity index (χ1) is 13.0. The van der Waals surface area contributed by atoms with E-state index in [9.17, 15) is 9.59 Å². The molecule has 1 atom stereocenters. The van der Waals surface area contributed by atoms with E-state index in [1.165, 1.54) is 28.5 Å². The smallest absolute Gasteiger partial charge is 0.355 e. The monoisotopic (exact) mass is 407 g/mol. The Kier molecular flexibility index (Phi) is 6.22. The molecule has 3 N–H and O–H groups in total. The molecule has 0 spiro atoms. The summed E-state index contributed by atoms with van der Waals surface area (Å²) in [7, 11) is 0. The Balaban J connectivity index is 1.52. The summed E-state index contributed by atoms with van der Waals surface area (Å²) in [5.41, 5.74) is 7.56. The number of carbonyl (C=O) groups is 2. The summed E-state index contributed by atoms with van der Waals surface area (Å²) in [4.78, 5) is 29.0. The number of aromatic nitrogens is 1. The number of carbonyl (C=O) groups excluding carboxylic acids is 1. The third-order valence-electron chi connectivity index (χ3n) is 4.47. The third kappa shape index (κ3) is 4.72. The van der Waals surface area contributed by atoms with Gasteiger partial charge in [-0.25, -0.2) is 9.78 Å². The maximum absolute atomic E-state index is 12.2. The lowest BCUT2D eigenvalue weighted by Gasteiger charge is -2.25. The van der Waals surface area contributed by atoms with E-state index in [0.717, 1.165) is 17.7 Å². The van der Waals surface area contributed by atoms with Crippen molar-refractivity contribution in [3.8, 4) is 5.75 Å². The summed E-state index contributed by atoms with van der Waals surface area (Å²) in [6.45, 7) is 2.93. The molecule has 27 heavy (non-hydrogen) atoms. The molecule has 2 heterocycles. The molecule has 1 aromatic carbocycles. The number of hydrogen-bond donors (Lipinski definition) is 2. The van der Waals surface area contributed by atoms with Gasteiger partial charge in [0.05, 0.1) is 6.04 Å². The van der Waals surface area contributed by atoms with Crippen molar-refractivity contribution in [2.24, 2.45) is 0 Å². The first-order valence-electron chi connectivity index (χ1n) is 8.54.